The fourth-order valence-corrected chi connectivity index (χ4v) is 4.95. The highest BCUT2D eigenvalue weighted by Crippen LogP contribution is 2.38. The van der Waals surface area contributed by atoms with Crippen molar-refractivity contribution in [1.29, 1.82) is 0 Å². The van der Waals surface area contributed by atoms with Gasteiger partial charge >= 0.3 is 0 Å². The molecule has 0 radical (unpaired) electrons. The first-order valence-electron chi connectivity index (χ1n) is 14.4. The van der Waals surface area contributed by atoms with Gasteiger partial charge in [0.15, 0.2) is 5.78 Å². The predicted octanol–water partition coefficient (Wildman–Crippen LogP) is 11.5. The summed E-state index contributed by atoms with van der Waals surface area (Å²) in [7, 11) is 0. The minimum Gasteiger partial charge on any atom is -0.508 e. The molecule has 0 aliphatic carbocycles. The summed E-state index contributed by atoms with van der Waals surface area (Å²) in [6, 6.07) is 10.6. The number of allylic oxidation sites excluding steroid dienone is 7. The Labute approximate surface area is 259 Å². The van der Waals surface area contributed by atoms with Gasteiger partial charge in [-0.2, -0.15) is 0 Å². The number of aliphatic hydroxyl groups excluding tert-OH is 1. The monoisotopic (exact) mass is 585 g/mol. The molecule has 2 aromatic rings. The van der Waals surface area contributed by atoms with Crippen molar-refractivity contribution in [2.24, 2.45) is 11.8 Å². The summed E-state index contributed by atoms with van der Waals surface area (Å²) in [5.41, 5.74) is 5.47. The van der Waals surface area contributed by atoms with Gasteiger partial charge in [-0.3, -0.25) is 4.79 Å². The highest BCUT2D eigenvalue weighted by molar-refractivity contribution is 6.34. The maximum absolute atomic E-state index is 11.8. The number of rotatable bonds is 14. The molecule has 0 aliphatic heterocycles. The minimum absolute atomic E-state index is 0.102. The van der Waals surface area contributed by atoms with Crippen LogP contribution in [-0.4, -0.2) is 10.9 Å². The second-order valence-corrected chi connectivity index (χ2v) is 10.7. The van der Waals surface area contributed by atoms with Crippen LogP contribution in [0.4, 0.5) is 0 Å². The van der Waals surface area contributed by atoms with E-state index in [4.69, 9.17) is 11.6 Å². The Morgan fingerprint density at radius 1 is 1.07 bits per heavy atom. The number of benzene rings is 2. The van der Waals surface area contributed by atoms with E-state index in [0.717, 1.165) is 29.2 Å². The molecule has 0 amide bonds. The maximum Gasteiger partial charge on any atom is 0.159 e. The van der Waals surface area contributed by atoms with Crippen molar-refractivity contribution >= 4 is 28.8 Å². The number of carbonyl (C=O) groups is 1. The zero-order valence-corrected chi connectivity index (χ0v) is 27.0. The third-order valence-corrected chi connectivity index (χ3v) is 7.41. The SMILES string of the molecule is C=C/C(NC(=C)c1cccc(Cl)c1-c1ccc(C(C)=O)cc1C(=C)O)=C(C)\C=C/C.C=C[C@@H](C/C=C\C)C(C)CCC. The normalized spacial score (nSPS) is 13.0. The van der Waals surface area contributed by atoms with Crippen LogP contribution >= 0.6 is 11.6 Å². The first-order valence-corrected chi connectivity index (χ1v) is 14.8. The van der Waals surface area contributed by atoms with E-state index in [9.17, 15) is 9.90 Å². The molecule has 0 bridgehead atoms. The van der Waals surface area contributed by atoms with Gasteiger partial charge in [-0.15, -0.1) is 6.58 Å². The van der Waals surface area contributed by atoms with Crippen LogP contribution in [0.15, 0.2) is 110 Å². The summed E-state index contributed by atoms with van der Waals surface area (Å²) in [4.78, 5) is 11.8. The van der Waals surface area contributed by atoms with Gasteiger partial charge in [0.2, 0.25) is 0 Å². The molecule has 0 saturated carbocycles. The average Bonchev–Trinajstić information content (AvgIpc) is 2.96. The van der Waals surface area contributed by atoms with Gasteiger partial charge in [-0.25, -0.2) is 0 Å². The highest BCUT2D eigenvalue weighted by atomic mass is 35.5. The van der Waals surface area contributed by atoms with E-state index in [2.05, 4.69) is 70.6 Å². The lowest BCUT2D eigenvalue weighted by atomic mass is 9.88. The van der Waals surface area contributed by atoms with Gasteiger partial charge in [0.25, 0.3) is 0 Å². The Balaban J connectivity index is 0.000000619. The van der Waals surface area contributed by atoms with E-state index in [-0.39, 0.29) is 11.5 Å². The summed E-state index contributed by atoms with van der Waals surface area (Å²) < 4.78 is 0. The second kappa shape index (κ2) is 18.6. The van der Waals surface area contributed by atoms with Crippen molar-refractivity contribution in [3.63, 3.8) is 0 Å². The summed E-state index contributed by atoms with van der Waals surface area (Å²) in [5, 5.41) is 14.0. The second-order valence-electron chi connectivity index (χ2n) is 10.3. The van der Waals surface area contributed by atoms with Gasteiger partial charge in [0.1, 0.15) is 5.76 Å². The molecule has 4 heteroatoms. The molecule has 2 N–H and O–H groups in total. The fourth-order valence-electron chi connectivity index (χ4n) is 4.67. The van der Waals surface area contributed by atoms with Crippen molar-refractivity contribution in [2.75, 3.05) is 0 Å². The van der Waals surface area contributed by atoms with Crippen LogP contribution in [0.25, 0.3) is 22.6 Å². The van der Waals surface area contributed by atoms with Gasteiger partial charge < -0.3 is 10.4 Å². The van der Waals surface area contributed by atoms with E-state index in [1.807, 2.05) is 38.1 Å². The third-order valence-electron chi connectivity index (χ3n) is 7.10. The minimum atomic E-state index is -0.145. The zero-order chi connectivity index (χ0) is 31.8. The zero-order valence-electron chi connectivity index (χ0n) is 26.3. The Morgan fingerprint density at radius 3 is 2.29 bits per heavy atom. The molecule has 0 spiro atoms. The van der Waals surface area contributed by atoms with Gasteiger partial charge in [0, 0.05) is 38.7 Å². The van der Waals surface area contributed by atoms with Crippen molar-refractivity contribution in [3.05, 3.63) is 132 Å². The Hall–Kier alpha value is -3.82. The maximum atomic E-state index is 11.8. The molecule has 1 unspecified atom stereocenters. The smallest absolute Gasteiger partial charge is 0.159 e. The summed E-state index contributed by atoms with van der Waals surface area (Å²) in [5.74, 6) is 1.20. The molecule has 0 saturated heterocycles. The number of Topliss-reactive ketones (excluding diaryl/α,β-unsaturated/α-hetero) is 1. The molecule has 42 heavy (non-hydrogen) atoms. The van der Waals surface area contributed by atoms with Gasteiger partial charge in [-0.1, -0.05) is 113 Å². The van der Waals surface area contributed by atoms with Crippen LogP contribution in [0.1, 0.15) is 82.3 Å². The van der Waals surface area contributed by atoms with E-state index in [1.54, 1.807) is 30.3 Å². The summed E-state index contributed by atoms with van der Waals surface area (Å²) >= 11 is 6.58. The van der Waals surface area contributed by atoms with Crippen molar-refractivity contribution in [3.8, 4) is 11.1 Å². The van der Waals surface area contributed by atoms with Gasteiger partial charge in [-0.05, 0) is 75.3 Å². The molecule has 0 fully saturated rings. The Bertz CT molecular complexity index is 1360. The van der Waals surface area contributed by atoms with E-state index < -0.39 is 0 Å². The number of ketones is 1. The quantitative estimate of drug-likeness (QED) is 0.100. The van der Waals surface area contributed by atoms with Crippen LogP contribution in [0, 0.1) is 11.8 Å². The standard InChI is InChI=1S/C26H26ClNO2.C12H22/c1-7-10-16(3)25(8-2)28-17(4)21-11-9-12-24(27)26(21)22-14-13-20(18(5)29)15-23(22)19(6)30;1-5-8-10-12(7-3)11(4)9-6-2/h7-15,28,30H,2,4,6H2,1,3,5H3;5,7-8,11-12H,3,6,9-10H2,1-2,4H3/b10-7-,25-16+;8-5-/t;11?,12-/m.0/s1. The first kappa shape index (κ1) is 36.2. The van der Waals surface area contributed by atoms with Crippen LogP contribution in [0.2, 0.25) is 5.02 Å². The fraction of sp³-hybridized carbons (Fsp3) is 0.289. The summed E-state index contributed by atoms with van der Waals surface area (Å²) in [6.07, 6.45) is 15.9. The van der Waals surface area contributed by atoms with E-state index in [0.29, 0.717) is 38.9 Å². The molecule has 224 valence electrons. The molecule has 0 aromatic heterocycles. The molecule has 2 atom stereocenters. The predicted molar refractivity (Wildman–Crippen MR) is 186 cm³/mol. The molecule has 0 heterocycles. The van der Waals surface area contributed by atoms with Crippen LogP contribution in [-0.2, 0) is 0 Å². The van der Waals surface area contributed by atoms with Gasteiger partial charge in [0.05, 0.1) is 0 Å². The number of nitrogens with one attached hydrogen (secondary N) is 1. The van der Waals surface area contributed by atoms with Crippen LogP contribution in [0.5, 0.6) is 0 Å². The number of hydrogen-bond donors (Lipinski definition) is 2. The molecular weight excluding hydrogens is 538 g/mol. The average molecular weight is 586 g/mol. The Morgan fingerprint density at radius 2 is 1.76 bits per heavy atom. The first-order chi connectivity index (χ1) is 20.0. The van der Waals surface area contributed by atoms with Crippen molar-refractivity contribution in [1.82, 2.24) is 5.32 Å². The lowest BCUT2D eigenvalue weighted by molar-refractivity contribution is 0.101. The Kier molecular flexibility index (Phi) is 16.0. The van der Waals surface area contributed by atoms with Crippen LogP contribution < -0.4 is 5.32 Å². The molecule has 0 aliphatic rings. The number of aliphatic hydroxyl groups is 1. The molecule has 2 aromatic carbocycles. The molecule has 2 rings (SSSR count). The lowest BCUT2D eigenvalue weighted by Gasteiger charge is -2.19. The van der Waals surface area contributed by atoms with Crippen molar-refractivity contribution < 1.29 is 9.90 Å². The third kappa shape index (κ3) is 10.5. The summed E-state index contributed by atoms with van der Waals surface area (Å²) in [6.45, 7) is 27.6. The lowest BCUT2D eigenvalue weighted by Crippen LogP contribution is -2.12. The number of halogens is 1. The largest absolute Gasteiger partial charge is 0.508 e. The van der Waals surface area contributed by atoms with E-state index >= 15 is 0 Å². The van der Waals surface area contributed by atoms with Crippen molar-refractivity contribution in [2.45, 2.75) is 60.8 Å². The number of hydrogen-bond acceptors (Lipinski definition) is 3. The molecule has 3 nitrogen and oxygen atoms in total. The highest BCUT2D eigenvalue weighted by Gasteiger charge is 2.18. The topological polar surface area (TPSA) is 49.3 Å². The van der Waals surface area contributed by atoms with Crippen LogP contribution in [0.3, 0.4) is 0 Å². The van der Waals surface area contributed by atoms with E-state index in [1.165, 1.54) is 19.8 Å². The number of carbonyl (C=O) groups excluding carboxylic acids is 1. The molecular formula is C38H48ClNO2.